The van der Waals surface area contributed by atoms with E-state index in [1.165, 1.54) is 31.4 Å². The molecule has 1 amide bonds. The number of carbonyl (C=O) groups excluding carboxylic acids is 1. The standard InChI is InChI=1S/C37H32N8O18S3/c1-61-22-6-9-25(30(16-22)65(55,56)57)39-40-26-17-29(63-13-11-47)27(18-28(26)62-12-10-46)41-42-32-31(66(58,59)60)14-19-2-3-20(15-24(19)35(32)48)38-43-33-34(37(50)51)44-45(36(33)49)21-4-7-23(8-5-21)64(52,53)54/h2-9,14-18,33,46-48H,10-13H2,1H3,(H,50,51)(H,52,53,54)(H,55,56,57)(H,58,59,60). The van der Waals surface area contributed by atoms with Crippen LogP contribution in [0.5, 0.6) is 23.0 Å². The molecule has 7 N–H and O–H groups in total. The van der Waals surface area contributed by atoms with Crippen LogP contribution in [0.25, 0.3) is 10.8 Å². The quantitative estimate of drug-likeness (QED) is 0.0457. The van der Waals surface area contributed by atoms with E-state index in [-0.39, 0.29) is 69.7 Å². The number of ether oxygens (including phenoxy) is 3. The topological polar surface area (TPSA) is 396 Å². The highest BCUT2D eigenvalue weighted by molar-refractivity contribution is 7.86. The van der Waals surface area contributed by atoms with Crippen molar-refractivity contribution in [2.24, 2.45) is 35.8 Å². The summed E-state index contributed by atoms with van der Waals surface area (Å²) in [5, 5.41) is 68.0. The number of phenolic OH excluding ortho intramolecular Hbond substituents is 1. The van der Waals surface area contributed by atoms with Gasteiger partial charge in [-0.3, -0.25) is 18.5 Å². The molecule has 5 aromatic carbocycles. The van der Waals surface area contributed by atoms with E-state index in [1.807, 2.05) is 0 Å². The highest BCUT2D eigenvalue weighted by atomic mass is 32.2. The number of hydrogen-bond acceptors (Lipinski definition) is 21. The van der Waals surface area contributed by atoms with Gasteiger partial charge >= 0.3 is 5.97 Å². The molecule has 346 valence electrons. The predicted molar refractivity (Wildman–Crippen MR) is 225 cm³/mol. The Morgan fingerprint density at radius 3 is 1.85 bits per heavy atom. The van der Waals surface area contributed by atoms with Crippen molar-refractivity contribution in [2.75, 3.05) is 38.5 Å². The summed E-state index contributed by atoms with van der Waals surface area (Å²) in [4.78, 5) is 23.2. The number of phenols is 1. The van der Waals surface area contributed by atoms with E-state index < -0.39 is 93.3 Å². The number of hydrazone groups is 1. The van der Waals surface area contributed by atoms with Crippen molar-refractivity contribution < 1.29 is 83.1 Å². The fraction of sp³-hybridized carbons (Fsp3) is 0.162. The Morgan fingerprint density at radius 2 is 1.30 bits per heavy atom. The first kappa shape index (κ1) is 48.1. The number of hydrogen-bond donors (Lipinski definition) is 7. The van der Waals surface area contributed by atoms with Crippen LogP contribution in [0, 0.1) is 0 Å². The molecule has 0 aliphatic carbocycles. The third-order valence-corrected chi connectivity index (χ3v) is 11.4. The van der Waals surface area contributed by atoms with E-state index in [2.05, 4.69) is 35.8 Å². The molecule has 5 aromatic rings. The van der Waals surface area contributed by atoms with Crippen LogP contribution >= 0.6 is 0 Å². The van der Waals surface area contributed by atoms with Gasteiger partial charge in [-0.25, -0.2) is 4.79 Å². The average molecular weight is 973 g/mol. The van der Waals surface area contributed by atoms with Crippen molar-refractivity contribution in [1.29, 1.82) is 0 Å². The number of carboxylic acid groups (broad SMARTS) is 1. The highest BCUT2D eigenvalue weighted by Crippen LogP contribution is 2.45. The summed E-state index contributed by atoms with van der Waals surface area (Å²) >= 11 is 0. The van der Waals surface area contributed by atoms with E-state index in [0.29, 0.717) is 5.01 Å². The lowest BCUT2D eigenvalue weighted by molar-refractivity contribution is -0.130. The van der Waals surface area contributed by atoms with Crippen LogP contribution < -0.4 is 19.2 Å². The van der Waals surface area contributed by atoms with Crippen molar-refractivity contribution in [3.8, 4) is 23.0 Å². The molecule has 0 bridgehead atoms. The summed E-state index contributed by atoms with van der Waals surface area (Å²) < 4.78 is 118. The molecule has 26 nitrogen and oxygen atoms in total. The molecule has 1 heterocycles. The number of aliphatic hydroxyl groups excluding tert-OH is 2. The number of carboxylic acids is 1. The fourth-order valence-electron chi connectivity index (χ4n) is 5.82. The maximum Gasteiger partial charge on any atom is 0.355 e. The third kappa shape index (κ3) is 10.8. The normalized spacial score (nSPS) is 14.8. The Bertz CT molecular complexity index is 3220. The van der Waals surface area contributed by atoms with Gasteiger partial charge in [0.15, 0.2) is 11.5 Å². The van der Waals surface area contributed by atoms with Crippen molar-refractivity contribution in [3.05, 3.63) is 78.9 Å². The lowest BCUT2D eigenvalue weighted by atomic mass is 10.1. The summed E-state index contributed by atoms with van der Waals surface area (Å²) in [6.45, 7) is -1.78. The van der Waals surface area contributed by atoms with Gasteiger partial charge in [-0.05, 0) is 60.0 Å². The van der Waals surface area contributed by atoms with Crippen LogP contribution in [0.1, 0.15) is 0 Å². The predicted octanol–water partition coefficient (Wildman–Crippen LogP) is 4.81. The molecule has 1 aliphatic heterocycles. The first-order valence-corrected chi connectivity index (χ1v) is 22.5. The van der Waals surface area contributed by atoms with Crippen molar-refractivity contribution in [2.45, 2.75) is 20.7 Å². The van der Waals surface area contributed by atoms with Gasteiger partial charge < -0.3 is 34.6 Å². The zero-order valence-corrected chi connectivity index (χ0v) is 35.8. The number of nitrogens with zero attached hydrogens (tertiary/aromatic N) is 8. The molecule has 66 heavy (non-hydrogen) atoms. The molecule has 0 aromatic heterocycles. The number of aliphatic hydroxyl groups is 2. The minimum Gasteiger partial charge on any atom is -0.505 e. The average Bonchev–Trinajstić information content (AvgIpc) is 3.60. The van der Waals surface area contributed by atoms with Gasteiger partial charge in [0.2, 0.25) is 6.04 Å². The number of amides is 1. The van der Waals surface area contributed by atoms with Gasteiger partial charge in [-0.15, -0.1) is 20.5 Å². The van der Waals surface area contributed by atoms with Gasteiger partial charge in [0, 0.05) is 23.6 Å². The lowest BCUT2D eigenvalue weighted by Crippen LogP contribution is -2.33. The lowest BCUT2D eigenvalue weighted by Gasteiger charge is -2.13. The number of aromatic hydroxyl groups is 1. The minimum absolute atomic E-state index is 0.0161. The Hall–Kier alpha value is -7.38. The van der Waals surface area contributed by atoms with Gasteiger partial charge in [0.25, 0.3) is 36.3 Å². The summed E-state index contributed by atoms with van der Waals surface area (Å²) in [5.41, 5.74) is -2.66. The molecule has 1 unspecified atom stereocenters. The van der Waals surface area contributed by atoms with Gasteiger partial charge in [0.05, 0.1) is 36.6 Å². The van der Waals surface area contributed by atoms with Crippen molar-refractivity contribution in [1.82, 2.24) is 0 Å². The smallest absolute Gasteiger partial charge is 0.355 e. The Balaban J connectivity index is 1.39. The fourth-order valence-corrected chi connectivity index (χ4v) is 7.60. The molecule has 0 fully saturated rings. The number of anilines is 1. The van der Waals surface area contributed by atoms with E-state index in [4.69, 9.17) is 14.2 Å². The second-order valence-electron chi connectivity index (χ2n) is 13.1. The van der Waals surface area contributed by atoms with Gasteiger partial charge in [0.1, 0.15) is 63.0 Å². The molecular formula is C37H32N8O18S3. The zero-order chi connectivity index (χ0) is 48.1. The third-order valence-electron chi connectivity index (χ3n) is 8.82. The van der Waals surface area contributed by atoms with Gasteiger partial charge in [-0.1, -0.05) is 6.07 Å². The number of fused-ring (bicyclic) bond motifs is 1. The molecule has 0 saturated carbocycles. The molecule has 1 aliphatic rings. The molecule has 1 atom stereocenters. The highest BCUT2D eigenvalue weighted by Gasteiger charge is 2.41. The van der Waals surface area contributed by atoms with E-state index >= 15 is 0 Å². The van der Waals surface area contributed by atoms with Crippen LogP contribution in [-0.2, 0) is 39.9 Å². The van der Waals surface area contributed by atoms with E-state index in [1.54, 1.807) is 0 Å². The van der Waals surface area contributed by atoms with Crippen molar-refractivity contribution in [3.63, 3.8) is 0 Å². The second-order valence-corrected chi connectivity index (χ2v) is 17.3. The number of azo groups is 3. The number of aliphatic carboxylic acids is 1. The molecule has 0 saturated heterocycles. The summed E-state index contributed by atoms with van der Waals surface area (Å²) in [7, 11) is -13.3. The molecule has 0 radical (unpaired) electrons. The number of carbonyl (C=O) groups is 2. The largest absolute Gasteiger partial charge is 0.505 e. The summed E-state index contributed by atoms with van der Waals surface area (Å²) in [6.07, 6.45) is 0. The Labute approximate surface area is 371 Å². The van der Waals surface area contributed by atoms with Crippen LogP contribution in [-0.4, -0.2) is 117 Å². The minimum atomic E-state index is -5.17. The van der Waals surface area contributed by atoms with E-state index in [9.17, 15) is 68.9 Å². The maximum absolute atomic E-state index is 13.3. The van der Waals surface area contributed by atoms with Gasteiger partial charge in [-0.2, -0.15) is 45.6 Å². The summed E-state index contributed by atoms with van der Waals surface area (Å²) in [5.74, 6) is -3.96. The summed E-state index contributed by atoms with van der Waals surface area (Å²) in [6, 6.07) is 12.5. The molecular weight excluding hydrogens is 941 g/mol. The Kier molecular flexibility index (Phi) is 14.1. The molecule has 6 rings (SSSR count). The number of rotatable bonds is 18. The van der Waals surface area contributed by atoms with Crippen LogP contribution in [0.2, 0.25) is 0 Å². The van der Waals surface area contributed by atoms with E-state index in [0.717, 1.165) is 54.6 Å². The van der Waals surface area contributed by atoms with Crippen LogP contribution in [0.4, 0.5) is 34.1 Å². The van der Waals surface area contributed by atoms with Crippen molar-refractivity contribution >= 4 is 92.8 Å². The first-order valence-electron chi connectivity index (χ1n) is 18.2. The SMILES string of the molecule is COc1ccc(N=Nc2cc(OCCO)c(N=Nc3c(S(=O)(=O)O)cc4ccc(N=NC5C(=O)N(c6ccc(S(=O)(=O)O)cc6)N=C5C(=O)O)cc4c3O)cc2OCCO)c(S(=O)(=O)O)c1. The Morgan fingerprint density at radius 1 is 0.712 bits per heavy atom. The maximum atomic E-state index is 13.3. The molecule has 29 heteroatoms. The second kappa shape index (κ2) is 19.4. The monoisotopic (exact) mass is 972 g/mol. The number of methoxy groups -OCH3 is 1. The molecule has 0 spiro atoms. The number of benzene rings is 5. The zero-order valence-electron chi connectivity index (χ0n) is 33.3. The van der Waals surface area contributed by atoms with Crippen LogP contribution in [0.15, 0.2) is 129 Å². The van der Waals surface area contributed by atoms with Crippen LogP contribution in [0.3, 0.4) is 0 Å². The first-order chi connectivity index (χ1) is 31.1.